The molecular weight excluding hydrogens is 308 g/mol. The largest absolute Gasteiger partial charge is 0.252 e. The molecule has 0 amide bonds. The predicted octanol–water partition coefficient (Wildman–Crippen LogP) is 5.66. The molecule has 0 N–H and O–H groups in total. The van der Waals surface area contributed by atoms with Crippen LogP contribution in [0.5, 0.6) is 0 Å². The minimum absolute atomic E-state index is 0.285. The number of rotatable bonds is 2. The van der Waals surface area contributed by atoms with E-state index in [1.54, 1.807) is 36.5 Å². The Balaban J connectivity index is 2.26. The van der Waals surface area contributed by atoms with Crippen molar-refractivity contribution in [3.63, 3.8) is 0 Å². The van der Waals surface area contributed by atoms with Gasteiger partial charge in [-0.25, -0.2) is 4.39 Å². The molecule has 0 aliphatic heterocycles. The van der Waals surface area contributed by atoms with Crippen molar-refractivity contribution >= 4 is 23.2 Å². The van der Waals surface area contributed by atoms with E-state index >= 15 is 0 Å². The Labute approximate surface area is 132 Å². The molecule has 0 bridgehead atoms. The Morgan fingerprint density at radius 3 is 2.33 bits per heavy atom. The minimum Gasteiger partial charge on any atom is -0.252 e. The van der Waals surface area contributed by atoms with Crippen molar-refractivity contribution in [1.82, 2.24) is 4.98 Å². The van der Waals surface area contributed by atoms with Crippen LogP contribution in [0.2, 0.25) is 10.0 Å². The Kier molecular flexibility index (Phi) is 3.91. The SMILES string of the molecule is Fc1ccccc1-c1c(Cl)[c]ncc1-c1ccc(Cl)cc1. The fourth-order valence-corrected chi connectivity index (χ4v) is 2.55. The number of hydrogen-bond donors (Lipinski definition) is 0. The summed E-state index contributed by atoms with van der Waals surface area (Å²) in [5.74, 6) is -0.339. The molecule has 0 saturated carbocycles. The van der Waals surface area contributed by atoms with Crippen LogP contribution in [0.1, 0.15) is 0 Å². The zero-order chi connectivity index (χ0) is 14.8. The fraction of sp³-hybridized carbons (Fsp3) is 0. The van der Waals surface area contributed by atoms with Gasteiger partial charge >= 0.3 is 0 Å². The first kappa shape index (κ1) is 14.1. The van der Waals surface area contributed by atoms with Gasteiger partial charge in [0.05, 0.1) is 5.02 Å². The Hall–Kier alpha value is -1.90. The molecule has 1 heterocycles. The van der Waals surface area contributed by atoms with Crippen LogP contribution in [-0.4, -0.2) is 4.98 Å². The maximum atomic E-state index is 14.1. The van der Waals surface area contributed by atoms with Gasteiger partial charge in [0.25, 0.3) is 0 Å². The molecule has 1 nitrogen and oxygen atoms in total. The van der Waals surface area contributed by atoms with Gasteiger partial charge in [-0.05, 0) is 23.8 Å². The molecule has 0 saturated heterocycles. The third kappa shape index (κ3) is 2.78. The van der Waals surface area contributed by atoms with E-state index in [1.807, 2.05) is 12.1 Å². The van der Waals surface area contributed by atoms with Gasteiger partial charge in [0.1, 0.15) is 12.0 Å². The minimum atomic E-state index is -0.339. The molecule has 0 atom stereocenters. The van der Waals surface area contributed by atoms with E-state index in [1.165, 1.54) is 6.07 Å². The Bertz CT molecular complexity index is 785. The zero-order valence-corrected chi connectivity index (χ0v) is 12.3. The average Bonchev–Trinajstić information content (AvgIpc) is 2.49. The molecule has 21 heavy (non-hydrogen) atoms. The normalized spacial score (nSPS) is 10.6. The van der Waals surface area contributed by atoms with Crippen LogP contribution >= 0.6 is 23.2 Å². The summed E-state index contributed by atoms with van der Waals surface area (Å²) in [5, 5.41) is 0.917. The number of hydrogen-bond acceptors (Lipinski definition) is 1. The average molecular weight is 317 g/mol. The first-order chi connectivity index (χ1) is 10.2. The first-order valence-electron chi connectivity index (χ1n) is 6.24. The highest BCUT2D eigenvalue weighted by molar-refractivity contribution is 6.34. The third-order valence-corrected chi connectivity index (χ3v) is 3.67. The highest BCUT2D eigenvalue weighted by Gasteiger charge is 2.15. The van der Waals surface area contributed by atoms with Crippen molar-refractivity contribution in [3.05, 3.63) is 76.8 Å². The Morgan fingerprint density at radius 1 is 0.905 bits per heavy atom. The van der Waals surface area contributed by atoms with Gasteiger partial charge in [-0.1, -0.05) is 53.5 Å². The van der Waals surface area contributed by atoms with E-state index < -0.39 is 0 Å². The molecule has 3 aromatic rings. The quantitative estimate of drug-likeness (QED) is 0.594. The fourth-order valence-electron chi connectivity index (χ4n) is 2.17. The molecule has 0 spiro atoms. The third-order valence-electron chi connectivity index (χ3n) is 3.14. The molecule has 103 valence electrons. The van der Waals surface area contributed by atoms with Gasteiger partial charge in [0.2, 0.25) is 0 Å². The van der Waals surface area contributed by atoms with E-state index in [-0.39, 0.29) is 10.8 Å². The number of aromatic nitrogens is 1. The van der Waals surface area contributed by atoms with Gasteiger partial charge in [0.15, 0.2) is 0 Å². The summed E-state index contributed by atoms with van der Waals surface area (Å²) in [5.41, 5.74) is 2.60. The second-order valence-corrected chi connectivity index (χ2v) is 5.27. The van der Waals surface area contributed by atoms with Crippen molar-refractivity contribution in [2.75, 3.05) is 0 Å². The van der Waals surface area contributed by atoms with E-state index in [2.05, 4.69) is 11.2 Å². The van der Waals surface area contributed by atoms with E-state index in [9.17, 15) is 4.39 Å². The van der Waals surface area contributed by atoms with Crippen LogP contribution in [0, 0.1) is 12.0 Å². The van der Waals surface area contributed by atoms with Crippen LogP contribution in [0.15, 0.2) is 54.7 Å². The van der Waals surface area contributed by atoms with Crippen molar-refractivity contribution in [2.24, 2.45) is 0 Å². The van der Waals surface area contributed by atoms with Crippen molar-refractivity contribution in [1.29, 1.82) is 0 Å². The molecule has 0 aliphatic carbocycles. The lowest BCUT2D eigenvalue weighted by atomic mass is 9.96. The summed E-state index contributed by atoms with van der Waals surface area (Å²) in [4.78, 5) is 3.99. The molecule has 0 unspecified atom stereocenters. The summed E-state index contributed by atoms with van der Waals surface area (Å²) < 4.78 is 14.1. The Morgan fingerprint density at radius 2 is 1.62 bits per heavy atom. The number of pyridine rings is 1. The molecule has 0 aliphatic rings. The maximum Gasteiger partial charge on any atom is 0.131 e. The van der Waals surface area contributed by atoms with Crippen LogP contribution < -0.4 is 0 Å². The van der Waals surface area contributed by atoms with Crippen molar-refractivity contribution in [3.8, 4) is 22.3 Å². The van der Waals surface area contributed by atoms with E-state index in [0.717, 1.165) is 11.1 Å². The topological polar surface area (TPSA) is 12.9 Å². The molecule has 2 aromatic carbocycles. The second kappa shape index (κ2) is 5.84. The highest BCUT2D eigenvalue weighted by Crippen LogP contribution is 2.37. The van der Waals surface area contributed by atoms with E-state index in [0.29, 0.717) is 16.1 Å². The lowest BCUT2D eigenvalue weighted by Gasteiger charge is -2.12. The monoisotopic (exact) mass is 316 g/mol. The molecule has 1 radical (unpaired) electrons. The van der Waals surface area contributed by atoms with E-state index in [4.69, 9.17) is 23.2 Å². The standard InChI is InChI=1S/C17H9Cl2FN/c18-12-7-5-11(6-8-12)14-9-21-10-15(19)17(14)13-3-1-2-4-16(13)20/h1-9H. The summed E-state index contributed by atoms with van der Waals surface area (Å²) in [7, 11) is 0. The molecule has 4 heteroatoms. The smallest absolute Gasteiger partial charge is 0.131 e. The molecule has 0 fully saturated rings. The first-order valence-corrected chi connectivity index (χ1v) is 6.99. The van der Waals surface area contributed by atoms with Gasteiger partial charge in [-0.2, -0.15) is 0 Å². The summed E-state index contributed by atoms with van der Waals surface area (Å²) in [6.07, 6.45) is 4.29. The maximum absolute atomic E-state index is 14.1. The molecular formula is C17H9Cl2FN. The molecule has 3 rings (SSSR count). The van der Waals surface area contributed by atoms with Gasteiger partial charge < -0.3 is 0 Å². The van der Waals surface area contributed by atoms with Crippen LogP contribution in [0.3, 0.4) is 0 Å². The summed E-state index contributed by atoms with van der Waals surface area (Å²) in [6, 6.07) is 13.7. The predicted molar refractivity (Wildman–Crippen MR) is 83.9 cm³/mol. The van der Waals surface area contributed by atoms with Gasteiger partial charge in [-0.3, -0.25) is 4.98 Å². The highest BCUT2D eigenvalue weighted by atomic mass is 35.5. The van der Waals surface area contributed by atoms with Gasteiger partial charge in [-0.15, -0.1) is 0 Å². The lowest BCUT2D eigenvalue weighted by Crippen LogP contribution is -1.91. The molecule has 1 aromatic heterocycles. The summed E-state index contributed by atoms with van der Waals surface area (Å²) in [6.45, 7) is 0. The van der Waals surface area contributed by atoms with Gasteiger partial charge in [0, 0.05) is 27.9 Å². The van der Waals surface area contributed by atoms with Crippen LogP contribution in [0.4, 0.5) is 4.39 Å². The number of nitrogens with zero attached hydrogens (tertiary/aromatic N) is 1. The lowest BCUT2D eigenvalue weighted by molar-refractivity contribution is 0.631. The number of benzene rings is 2. The summed E-state index contributed by atoms with van der Waals surface area (Å²) >= 11 is 12.1. The zero-order valence-electron chi connectivity index (χ0n) is 10.8. The van der Waals surface area contributed by atoms with Crippen LogP contribution in [-0.2, 0) is 0 Å². The second-order valence-electron chi connectivity index (χ2n) is 4.46. The van der Waals surface area contributed by atoms with Crippen LogP contribution in [0.25, 0.3) is 22.3 Å². The van der Waals surface area contributed by atoms with Crippen molar-refractivity contribution in [2.45, 2.75) is 0 Å². The number of halogens is 3. The van der Waals surface area contributed by atoms with Crippen molar-refractivity contribution < 1.29 is 4.39 Å².